The number of benzene rings is 2. The van der Waals surface area contributed by atoms with Crippen LogP contribution in [0.25, 0.3) is 0 Å². The van der Waals surface area contributed by atoms with Crippen molar-refractivity contribution in [3.63, 3.8) is 0 Å². The normalized spacial score (nSPS) is 23.4. The molecule has 1 aromatic heterocycles. The zero-order valence-corrected chi connectivity index (χ0v) is 15.8. The first-order valence-corrected chi connectivity index (χ1v) is 10.1. The van der Waals surface area contributed by atoms with Crippen LogP contribution in [0.5, 0.6) is 0 Å². The van der Waals surface area contributed by atoms with Crippen molar-refractivity contribution in [3.8, 4) is 0 Å². The monoisotopic (exact) mass is 378 g/mol. The zero-order chi connectivity index (χ0) is 18.3. The van der Waals surface area contributed by atoms with Crippen molar-refractivity contribution in [1.82, 2.24) is 4.98 Å². The van der Waals surface area contributed by atoms with E-state index in [0.717, 1.165) is 41.3 Å². The predicted molar refractivity (Wildman–Crippen MR) is 109 cm³/mol. The molecule has 4 N–H and O–H groups in total. The lowest BCUT2D eigenvalue weighted by molar-refractivity contribution is -0.0575. The molecule has 6 heteroatoms. The summed E-state index contributed by atoms with van der Waals surface area (Å²) in [4.78, 5) is 4.30. The van der Waals surface area contributed by atoms with Crippen LogP contribution in [0, 0.1) is 0 Å². The SMILES string of the molecule is N[C@]1(C2CCc3ccccc32)Nc2ccc(NCc3nccs3)cc2CO1. The minimum atomic E-state index is -0.866. The van der Waals surface area contributed by atoms with Crippen molar-refractivity contribution in [3.05, 3.63) is 75.7 Å². The topological polar surface area (TPSA) is 72.2 Å². The number of aryl methyl sites for hydroxylation is 1. The molecule has 0 saturated heterocycles. The standard InChI is InChI=1S/C21H22N4OS/c22-21(18-7-5-14-3-1-2-4-17(14)18)25-19-8-6-16(11-15(19)13-26-21)24-12-20-23-9-10-27-20/h1-4,6,8-11,18,24-25H,5,7,12-13,22H2/t18?,21-/m1/s1. The van der Waals surface area contributed by atoms with Crippen LogP contribution in [0.1, 0.15) is 34.0 Å². The van der Waals surface area contributed by atoms with Crippen LogP contribution in [0.4, 0.5) is 11.4 Å². The van der Waals surface area contributed by atoms with Crippen molar-refractivity contribution < 1.29 is 4.74 Å². The molecule has 3 aromatic rings. The molecule has 0 fully saturated rings. The maximum atomic E-state index is 6.70. The predicted octanol–water partition coefficient (Wildman–Crippen LogP) is 4.04. The lowest BCUT2D eigenvalue weighted by Crippen LogP contribution is -2.56. The summed E-state index contributed by atoms with van der Waals surface area (Å²) in [7, 11) is 0. The Morgan fingerprint density at radius 3 is 3.07 bits per heavy atom. The zero-order valence-electron chi connectivity index (χ0n) is 14.9. The number of fused-ring (bicyclic) bond motifs is 2. The molecule has 2 aliphatic rings. The molecule has 0 amide bonds. The average Bonchev–Trinajstić information content (AvgIpc) is 3.36. The second-order valence-electron chi connectivity index (χ2n) is 7.15. The van der Waals surface area contributed by atoms with Gasteiger partial charge in [-0.15, -0.1) is 11.3 Å². The van der Waals surface area contributed by atoms with Crippen molar-refractivity contribution >= 4 is 22.7 Å². The molecule has 5 nitrogen and oxygen atoms in total. The lowest BCUT2D eigenvalue weighted by Gasteiger charge is -2.41. The van der Waals surface area contributed by atoms with E-state index in [1.807, 2.05) is 11.6 Å². The number of hydrogen-bond donors (Lipinski definition) is 3. The molecule has 0 saturated carbocycles. The van der Waals surface area contributed by atoms with E-state index in [1.54, 1.807) is 11.3 Å². The van der Waals surface area contributed by atoms with E-state index >= 15 is 0 Å². The fourth-order valence-electron chi connectivity index (χ4n) is 4.10. The summed E-state index contributed by atoms with van der Waals surface area (Å²) in [5, 5.41) is 9.95. The largest absolute Gasteiger partial charge is 0.379 e. The molecule has 138 valence electrons. The Bertz CT molecular complexity index is 959. The van der Waals surface area contributed by atoms with E-state index in [4.69, 9.17) is 10.5 Å². The van der Waals surface area contributed by atoms with Crippen LogP contribution >= 0.6 is 11.3 Å². The molecule has 0 bridgehead atoms. The Hall–Kier alpha value is -2.41. The highest BCUT2D eigenvalue weighted by Crippen LogP contribution is 2.43. The van der Waals surface area contributed by atoms with Gasteiger partial charge in [-0.1, -0.05) is 24.3 Å². The van der Waals surface area contributed by atoms with Gasteiger partial charge in [-0.05, 0) is 42.2 Å². The van der Waals surface area contributed by atoms with Gasteiger partial charge < -0.3 is 15.4 Å². The van der Waals surface area contributed by atoms with Crippen molar-refractivity contribution in [2.24, 2.45) is 5.73 Å². The maximum Gasteiger partial charge on any atom is 0.200 e. The average molecular weight is 379 g/mol. The minimum Gasteiger partial charge on any atom is -0.379 e. The van der Waals surface area contributed by atoms with E-state index in [1.165, 1.54) is 11.1 Å². The molecule has 27 heavy (non-hydrogen) atoms. The first-order valence-electron chi connectivity index (χ1n) is 9.25. The molecule has 0 radical (unpaired) electrons. The third-order valence-electron chi connectivity index (χ3n) is 5.48. The fraction of sp³-hybridized carbons (Fsp3) is 0.286. The third kappa shape index (κ3) is 3.10. The van der Waals surface area contributed by atoms with Crippen LogP contribution in [-0.4, -0.2) is 10.8 Å². The van der Waals surface area contributed by atoms with E-state index in [2.05, 4.69) is 58.1 Å². The summed E-state index contributed by atoms with van der Waals surface area (Å²) in [6.07, 6.45) is 3.89. The number of nitrogens with two attached hydrogens (primary N) is 1. The number of anilines is 2. The number of thiazole rings is 1. The highest BCUT2D eigenvalue weighted by atomic mass is 32.1. The van der Waals surface area contributed by atoms with E-state index < -0.39 is 5.85 Å². The second-order valence-corrected chi connectivity index (χ2v) is 8.13. The number of rotatable bonds is 4. The molecule has 1 unspecified atom stereocenters. The summed E-state index contributed by atoms with van der Waals surface area (Å²) in [6.45, 7) is 1.23. The van der Waals surface area contributed by atoms with E-state index in [0.29, 0.717) is 6.61 Å². The minimum absolute atomic E-state index is 0.157. The van der Waals surface area contributed by atoms with E-state index in [-0.39, 0.29) is 5.92 Å². The smallest absolute Gasteiger partial charge is 0.200 e. The van der Waals surface area contributed by atoms with Gasteiger partial charge in [0.15, 0.2) is 5.85 Å². The summed E-state index contributed by atoms with van der Waals surface area (Å²) in [5.74, 6) is -0.709. The lowest BCUT2D eigenvalue weighted by atomic mass is 9.94. The number of hydrogen-bond acceptors (Lipinski definition) is 6. The fourth-order valence-corrected chi connectivity index (χ4v) is 4.65. The van der Waals surface area contributed by atoms with Crippen LogP contribution in [0.2, 0.25) is 0 Å². The highest BCUT2D eigenvalue weighted by Gasteiger charge is 2.43. The molecule has 1 aliphatic heterocycles. The quantitative estimate of drug-likeness (QED) is 0.639. The van der Waals surface area contributed by atoms with Crippen molar-refractivity contribution in [2.45, 2.75) is 37.8 Å². The van der Waals surface area contributed by atoms with Crippen molar-refractivity contribution in [2.75, 3.05) is 10.6 Å². The highest BCUT2D eigenvalue weighted by molar-refractivity contribution is 7.09. The number of nitrogens with zero attached hydrogens (tertiary/aromatic N) is 1. The van der Waals surface area contributed by atoms with Gasteiger partial charge in [-0.3, -0.25) is 5.73 Å². The molecule has 1 aliphatic carbocycles. The maximum absolute atomic E-state index is 6.70. The van der Waals surface area contributed by atoms with Gasteiger partial charge in [0.05, 0.1) is 13.2 Å². The first kappa shape index (κ1) is 16.7. The molecule has 2 atom stereocenters. The molecular formula is C21H22N4OS. The third-order valence-corrected chi connectivity index (χ3v) is 6.26. The van der Waals surface area contributed by atoms with Gasteiger partial charge in [0.2, 0.25) is 0 Å². The molecule has 2 heterocycles. The molecular weight excluding hydrogens is 356 g/mol. The van der Waals surface area contributed by atoms with Crippen molar-refractivity contribution in [1.29, 1.82) is 0 Å². The summed E-state index contributed by atoms with van der Waals surface area (Å²) < 4.78 is 6.17. The summed E-state index contributed by atoms with van der Waals surface area (Å²) >= 11 is 1.65. The Labute approximate surface area is 162 Å². The first-order chi connectivity index (χ1) is 13.2. The van der Waals surface area contributed by atoms with Gasteiger partial charge >= 0.3 is 0 Å². The Morgan fingerprint density at radius 2 is 2.19 bits per heavy atom. The Kier molecular flexibility index (Phi) is 4.11. The number of ether oxygens (including phenoxy) is 1. The van der Waals surface area contributed by atoms with Gasteiger partial charge in [0.25, 0.3) is 0 Å². The molecule has 0 spiro atoms. The van der Waals surface area contributed by atoms with Crippen LogP contribution in [0.3, 0.4) is 0 Å². The van der Waals surface area contributed by atoms with Crippen LogP contribution < -0.4 is 16.4 Å². The van der Waals surface area contributed by atoms with Crippen LogP contribution in [-0.2, 0) is 24.3 Å². The van der Waals surface area contributed by atoms with Gasteiger partial charge in [0, 0.05) is 34.4 Å². The number of aromatic nitrogens is 1. The molecule has 5 rings (SSSR count). The molecule has 2 aromatic carbocycles. The van der Waals surface area contributed by atoms with Gasteiger partial charge in [-0.25, -0.2) is 4.98 Å². The van der Waals surface area contributed by atoms with E-state index in [9.17, 15) is 0 Å². The summed E-state index contributed by atoms with van der Waals surface area (Å²) in [5.41, 5.74) is 12.6. The number of nitrogens with one attached hydrogen (secondary N) is 2. The van der Waals surface area contributed by atoms with Gasteiger partial charge in [-0.2, -0.15) is 0 Å². The van der Waals surface area contributed by atoms with Crippen LogP contribution in [0.15, 0.2) is 54.0 Å². The Morgan fingerprint density at radius 1 is 1.26 bits per heavy atom. The Balaban J connectivity index is 1.34. The second kappa shape index (κ2) is 6.64. The van der Waals surface area contributed by atoms with Gasteiger partial charge in [0.1, 0.15) is 5.01 Å². The summed E-state index contributed by atoms with van der Waals surface area (Å²) in [6, 6.07) is 14.8.